The number of fused-ring (bicyclic) bond motifs is 2. The second kappa shape index (κ2) is 24.2. The Bertz CT molecular complexity index is 2370. The molecule has 0 saturated heterocycles. The molecule has 8 aromatic rings. The van der Waals surface area contributed by atoms with E-state index in [0.29, 0.717) is 11.5 Å². The van der Waals surface area contributed by atoms with Crippen molar-refractivity contribution in [3.63, 3.8) is 0 Å². The molecule has 0 aliphatic heterocycles. The summed E-state index contributed by atoms with van der Waals surface area (Å²) in [6, 6.07) is 54.9. The molecule has 8 aromatic carbocycles. The second-order valence-corrected chi connectivity index (χ2v) is 18.8. The molecule has 0 atom stereocenters. The van der Waals surface area contributed by atoms with Gasteiger partial charge in [0.2, 0.25) is 0 Å². The maximum Gasteiger partial charge on any atom is 2.00 e. The van der Waals surface area contributed by atoms with Crippen LogP contribution in [-0.4, -0.2) is 19.7 Å². The molecule has 0 saturated carbocycles. The van der Waals surface area contributed by atoms with Crippen LogP contribution in [0.2, 0.25) is 13.1 Å². The van der Waals surface area contributed by atoms with E-state index in [1.54, 1.807) is 12.1 Å². The Kier molecular flexibility index (Phi) is 20.1. The minimum atomic E-state index is 0. The third-order valence-electron chi connectivity index (χ3n) is 10.5. The van der Waals surface area contributed by atoms with Crippen molar-refractivity contribution in [1.29, 1.82) is 0 Å². The molecule has 0 spiro atoms. The Morgan fingerprint density at radius 1 is 0.468 bits per heavy atom. The van der Waals surface area contributed by atoms with Gasteiger partial charge in [0.1, 0.15) is 11.5 Å². The van der Waals surface area contributed by atoms with Crippen LogP contribution in [0.25, 0.3) is 43.8 Å². The number of aryl methyl sites for hydroxylation is 4. The van der Waals surface area contributed by atoms with Crippen LogP contribution in [0.1, 0.15) is 88.8 Å². The number of phenols is 2. The van der Waals surface area contributed by atoms with Crippen molar-refractivity contribution in [2.75, 3.05) is 0 Å². The Balaban J connectivity index is 0.000000217. The fourth-order valence-corrected chi connectivity index (χ4v) is 7.24. The fraction of sp³-hybridized carbons (Fsp3) is 0.276. The zero-order chi connectivity index (χ0) is 44.7. The van der Waals surface area contributed by atoms with E-state index >= 15 is 0 Å². The van der Waals surface area contributed by atoms with E-state index in [-0.39, 0.29) is 37.0 Å². The van der Waals surface area contributed by atoms with E-state index in [2.05, 4.69) is 190 Å². The first-order valence-corrected chi connectivity index (χ1v) is 23.7. The Morgan fingerprint density at radius 3 is 1.10 bits per heavy atom. The summed E-state index contributed by atoms with van der Waals surface area (Å²) in [5.41, 5.74) is 12.6. The van der Waals surface area contributed by atoms with Gasteiger partial charge in [-0.3, -0.25) is 0 Å². The van der Waals surface area contributed by atoms with Gasteiger partial charge >= 0.3 is 26.2 Å². The Hall–Kier alpha value is -4.76. The number of hydrogen-bond donors (Lipinski definition) is 2. The van der Waals surface area contributed by atoms with Crippen molar-refractivity contribution < 1.29 is 36.4 Å². The summed E-state index contributed by atoms with van der Waals surface area (Å²) in [5, 5.41) is 24.6. The third-order valence-corrected chi connectivity index (χ3v) is 10.5. The molecule has 0 aliphatic carbocycles. The summed E-state index contributed by atoms with van der Waals surface area (Å²) >= 11 is 0. The predicted octanol–water partition coefficient (Wildman–Crippen LogP) is 16.4. The van der Waals surface area contributed by atoms with Gasteiger partial charge in [-0.1, -0.05) is 188 Å². The number of benzene rings is 6. The summed E-state index contributed by atoms with van der Waals surface area (Å²) in [5.74, 6) is 0.793. The SMILES string of the molecule is CCc1cc2c(-c3ccccc3)cccc2[cH-]1.CCc1cc2c(-c3ccccc3)cccc2[cH-]1.C[Si]C.Cc1ccc(O)c(C(C)(C)C)c1.Cc1ccc(O)c(C(C)(C)C)c1.[Zr+2]. The topological polar surface area (TPSA) is 40.5 Å². The van der Waals surface area contributed by atoms with E-state index in [4.69, 9.17) is 0 Å². The van der Waals surface area contributed by atoms with E-state index in [1.165, 1.54) is 66.1 Å². The van der Waals surface area contributed by atoms with Crippen molar-refractivity contribution in [3.8, 4) is 33.8 Å². The van der Waals surface area contributed by atoms with Gasteiger partial charge in [0.05, 0.1) is 0 Å². The van der Waals surface area contributed by atoms with Gasteiger partial charge in [-0.2, -0.15) is 12.1 Å². The number of hydrogen-bond acceptors (Lipinski definition) is 2. The Morgan fingerprint density at radius 2 is 0.806 bits per heavy atom. The molecule has 0 heterocycles. The molecule has 0 aromatic heterocycles. The number of phenolic OH excluding ortho intramolecular Hbond substituents is 2. The van der Waals surface area contributed by atoms with Gasteiger partial charge in [-0.15, -0.1) is 69.1 Å². The molecule has 4 heteroatoms. The molecule has 8 rings (SSSR count). The van der Waals surface area contributed by atoms with Crippen LogP contribution in [0.4, 0.5) is 0 Å². The molecule has 0 amide bonds. The van der Waals surface area contributed by atoms with Crippen molar-refractivity contribution in [2.24, 2.45) is 0 Å². The first-order valence-electron chi connectivity index (χ1n) is 21.7. The molecule has 2 radical (unpaired) electrons. The van der Waals surface area contributed by atoms with Gasteiger partial charge in [0.15, 0.2) is 0 Å². The van der Waals surface area contributed by atoms with Gasteiger partial charge < -0.3 is 10.2 Å². The first-order chi connectivity index (χ1) is 29.0. The number of aromatic hydroxyl groups is 2. The molecule has 0 fully saturated rings. The van der Waals surface area contributed by atoms with Gasteiger partial charge in [0.25, 0.3) is 0 Å². The van der Waals surface area contributed by atoms with Crippen molar-refractivity contribution in [2.45, 2.75) is 106 Å². The molecule has 62 heavy (non-hydrogen) atoms. The van der Waals surface area contributed by atoms with Crippen LogP contribution in [0, 0.1) is 13.8 Å². The summed E-state index contributed by atoms with van der Waals surface area (Å²) in [6.07, 6.45) is 2.20. The standard InChI is InChI=1S/2C17H15.2C11H16O.C2H6Si.Zr/c2*1-2-13-11-15-9-6-10-16(17(15)12-13)14-7-4-3-5-8-14;2*1-8-5-6-10(12)9(7-8)11(2,3)4;1-3-2;/h2*3-12H,2H2,1H3;2*5-7,12H,1-4H3;1-2H3;/q2*-1;;;;+2. The summed E-state index contributed by atoms with van der Waals surface area (Å²) in [4.78, 5) is 0. The van der Waals surface area contributed by atoms with Gasteiger partial charge in [-0.05, 0) is 71.9 Å². The monoisotopic (exact) mass is 914 g/mol. The van der Waals surface area contributed by atoms with Gasteiger partial charge in [-0.25, -0.2) is 0 Å². The van der Waals surface area contributed by atoms with Crippen LogP contribution in [-0.2, 0) is 49.9 Å². The third kappa shape index (κ3) is 14.7. The van der Waals surface area contributed by atoms with Crippen molar-refractivity contribution >= 4 is 31.1 Å². The maximum absolute atomic E-state index is 9.57. The van der Waals surface area contributed by atoms with E-state index in [9.17, 15) is 10.2 Å². The quantitative estimate of drug-likeness (QED) is 0.136. The molecule has 0 bridgehead atoms. The average Bonchev–Trinajstić information content (AvgIpc) is 3.88. The molecule has 320 valence electrons. The largest absolute Gasteiger partial charge is 2.00 e. The van der Waals surface area contributed by atoms with Crippen molar-refractivity contribution in [1.82, 2.24) is 0 Å². The Labute approximate surface area is 395 Å². The van der Waals surface area contributed by atoms with Crippen LogP contribution in [0.3, 0.4) is 0 Å². The molecule has 0 unspecified atom stereocenters. The molecule has 0 aliphatic rings. The minimum Gasteiger partial charge on any atom is -0.508 e. The average molecular weight is 916 g/mol. The van der Waals surface area contributed by atoms with Crippen LogP contribution >= 0.6 is 0 Å². The summed E-state index contributed by atoms with van der Waals surface area (Å²) in [6.45, 7) is 25.4. The molecule has 2 nitrogen and oxygen atoms in total. The van der Waals surface area contributed by atoms with Crippen molar-refractivity contribution in [3.05, 3.63) is 191 Å². The first kappa shape index (κ1) is 51.6. The molecular formula is C58H68O2SiZr. The van der Waals surface area contributed by atoms with Crippen LogP contribution in [0.15, 0.2) is 158 Å². The summed E-state index contributed by atoms with van der Waals surface area (Å²) < 4.78 is 0. The second-order valence-electron chi connectivity index (χ2n) is 17.8. The van der Waals surface area contributed by atoms with E-state index < -0.39 is 0 Å². The van der Waals surface area contributed by atoms with Gasteiger partial charge in [0, 0.05) is 9.52 Å². The normalized spacial score (nSPS) is 10.8. The van der Waals surface area contributed by atoms with Crippen LogP contribution < -0.4 is 0 Å². The summed E-state index contributed by atoms with van der Waals surface area (Å²) in [7, 11) is 1.08. The number of rotatable bonds is 4. The zero-order valence-corrected chi connectivity index (χ0v) is 42.8. The van der Waals surface area contributed by atoms with E-state index in [0.717, 1.165) is 33.5 Å². The molecule has 2 N–H and O–H groups in total. The predicted molar refractivity (Wildman–Crippen MR) is 269 cm³/mol. The van der Waals surface area contributed by atoms with E-state index in [1.807, 2.05) is 38.1 Å². The van der Waals surface area contributed by atoms with Crippen LogP contribution in [0.5, 0.6) is 11.5 Å². The zero-order valence-electron chi connectivity index (χ0n) is 39.3. The smallest absolute Gasteiger partial charge is 0.508 e. The minimum absolute atomic E-state index is 0. The fourth-order valence-electron chi connectivity index (χ4n) is 7.24. The maximum atomic E-state index is 9.57. The molecular weight excluding hydrogens is 848 g/mol.